The number of anilines is 2. The number of aromatic nitrogens is 3. The number of ether oxygens (including phenoxy) is 2. The molecule has 0 saturated heterocycles. The number of carboxylic acids is 2. The van der Waals surface area contributed by atoms with Gasteiger partial charge in [-0.25, -0.2) is 23.9 Å². The van der Waals surface area contributed by atoms with Gasteiger partial charge in [0, 0.05) is 34.0 Å². The Morgan fingerprint density at radius 3 is 2.08 bits per heavy atom. The quantitative estimate of drug-likeness (QED) is 0.0553. The van der Waals surface area contributed by atoms with Crippen molar-refractivity contribution in [2.24, 2.45) is 0 Å². The summed E-state index contributed by atoms with van der Waals surface area (Å²) in [5.74, 6) is -6.03. The molecule has 1 atom stereocenters. The van der Waals surface area contributed by atoms with E-state index in [1.807, 2.05) is 38.1 Å². The Balaban J connectivity index is 0.000000609. The van der Waals surface area contributed by atoms with Gasteiger partial charge >= 0.3 is 30.3 Å². The number of aliphatic carboxylic acids is 2. The fraction of sp³-hybridized carbons (Fsp3) is 0.300. The van der Waals surface area contributed by atoms with Gasteiger partial charge in [-0.3, -0.25) is 9.59 Å². The van der Waals surface area contributed by atoms with Crippen molar-refractivity contribution >= 4 is 46.1 Å². The van der Waals surface area contributed by atoms with Crippen molar-refractivity contribution in [2.75, 3.05) is 24.2 Å². The monoisotopic (exact) mass is 866 g/mol. The summed E-state index contributed by atoms with van der Waals surface area (Å²) >= 11 is 0. The number of carbonyl (C=O) groups is 4. The first kappa shape index (κ1) is 48.4. The number of aromatic amines is 1. The summed E-state index contributed by atoms with van der Waals surface area (Å²) in [7, 11) is 0. The van der Waals surface area contributed by atoms with E-state index in [2.05, 4.69) is 25.6 Å². The van der Waals surface area contributed by atoms with E-state index in [-0.39, 0.29) is 12.3 Å². The van der Waals surface area contributed by atoms with Crippen LogP contribution in [0.2, 0.25) is 0 Å². The summed E-state index contributed by atoms with van der Waals surface area (Å²) in [5.41, 5.74) is 8.75. The Bertz CT molecular complexity index is 2320. The van der Waals surface area contributed by atoms with Gasteiger partial charge in [0.05, 0.1) is 18.5 Å². The van der Waals surface area contributed by atoms with Crippen LogP contribution in [0.5, 0.6) is 5.75 Å². The molecule has 0 saturated carbocycles. The molecule has 21 heteroatoms. The van der Waals surface area contributed by atoms with E-state index in [9.17, 15) is 35.9 Å². The number of hydrogen-bond acceptors (Lipinski definition) is 10. The first-order chi connectivity index (χ1) is 28.4. The fourth-order valence-electron chi connectivity index (χ4n) is 5.27. The third-order valence-corrected chi connectivity index (χ3v) is 7.88. The minimum absolute atomic E-state index is 0.157. The molecule has 0 aliphatic carbocycles. The van der Waals surface area contributed by atoms with E-state index in [0.29, 0.717) is 52.7 Å². The summed E-state index contributed by atoms with van der Waals surface area (Å²) < 4.78 is 90.6. The molecule has 14 nitrogen and oxygen atoms in total. The Kier molecular flexibility index (Phi) is 16.2. The Hall–Kier alpha value is -6.93. The fourth-order valence-corrected chi connectivity index (χ4v) is 5.27. The third kappa shape index (κ3) is 14.1. The molecule has 1 amide bonds. The number of fused-ring (bicyclic) bond motifs is 1. The lowest BCUT2D eigenvalue weighted by Crippen LogP contribution is -2.34. The Labute approximate surface area is 343 Å². The third-order valence-electron chi connectivity index (χ3n) is 7.88. The number of imidazole rings is 1. The number of pyridine rings is 1. The predicted octanol–water partition coefficient (Wildman–Crippen LogP) is 7.85. The lowest BCUT2D eigenvalue weighted by Gasteiger charge is -2.22. The number of H-pyrrole nitrogens is 1. The van der Waals surface area contributed by atoms with Crippen molar-refractivity contribution in [1.29, 1.82) is 0 Å². The van der Waals surface area contributed by atoms with Crippen LogP contribution in [-0.2, 0) is 25.5 Å². The highest BCUT2D eigenvalue weighted by molar-refractivity contribution is 6.01. The molecule has 2 heterocycles. The first-order valence-electron chi connectivity index (χ1n) is 18.0. The molecule has 1 unspecified atom stereocenters. The summed E-state index contributed by atoms with van der Waals surface area (Å²) in [5, 5.41) is 22.0. The van der Waals surface area contributed by atoms with Gasteiger partial charge in [0.15, 0.2) is 11.6 Å². The number of nitrogens with zero attached hydrogens (tertiary/aromatic N) is 2. The maximum Gasteiger partial charge on any atom is 0.490 e. The summed E-state index contributed by atoms with van der Waals surface area (Å²) in [6, 6.07) is 17.2. The average molecular weight is 867 g/mol. The highest BCUT2D eigenvalue weighted by Crippen LogP contribution is 2.35. The van der Waals surface area contributed by atoms with Gasteiger partial charge in [0.2, 0.25) is 0 Å². The van der Waals surface area contributed by atoms with Crippen LogP contribution < -0.4 is 21.1 Å². The van der Waals surface area contributed by atoms with E-state index in [1.54, 1.807) is 69.6 Å². The number of benzene rings is 3. The second-order valence-electron chi connectivity index (χ2n) is 13.6. The topological polar surface area (TPSA) is 219 Å². The Morgan fingerprint density at radius 1 is 0.885 bits per heavy atom. The number of halogens is 7. The molecule has 7 N–H and O–H groups in total. The number of rotatable bonds is 11. The van der Waals surface area contributed by atoms with E-state index in [4.69, 9.17) is 35.0 Å². The van der Waals surface area contributed by atoms with Crippen molar-refractivity contribution in [3.8, 4) is 17.0 Å². The molecule has 328 valence electrons. The molecule has 0 radical (unpaired) electrons. The van der Waals surface area contributed by atoms with Crippen LogP contribution in [0.15, 0.2) is 73.1 Å². The van der Waals surface area contributed by atoms with Gasteiger partial charge in [-0.15, -0.1) is 0 Å². The van der Waals surface area contributed by atoms with Gasteiger partial charge in [-0.1, -0.05) is 31.2 Å². The van der Waals surface area contributed by atoms with Crippen LogP contribution in [0.3, 0.4) is 0 Å². The lowest BCUT2D eigenvalue weighted by molar-refractivity contribution is -0.193. The maximum absolute atomic E-state index is 16.2. The summed E-state index contributed by atoms with van der Waals surface area (Å²) in [6.45, 7) is 9.10. The molecule has 3 aromatic carbocycles. The number of hydrogen-bond donors (Lipinski definition) is 6. The normalized spacial score (nSPS) is 11.9. The van der Waals surface area contributed by atoms with Gasteiger partial charge in [0.1, 0.15) is 29.8 Å². The maximum atomic E-state index is 16.2. The zero-order chi connectivity index (χ0) is 45.9. The number of carbonyl (C=O) groups excluding carboxylic acids is 2. The number of alkyl halides is 6. The standard InChI is InChI=1S/C36H39FN6O4.2C2HF3O2/c1-6-21-16-27(31(37)29(17-21)46-7-2)32(42-23-12-13-24-22(18-23)14-15-39-33(24)38)34-40-19-28(43-34)25-10-8-9-11-26(25)35(45)41-20-30(44)47-36(3,4)5;2*3-2(4,5)1(6)7/h8-19,32,42H,6-7,20H2,1-5H3,(H2,38,39)(H,40,43)(H,41,45);2*(H,6,7). The number of esters is 1. The van der Waals surface area contributed by atoms with E-state index in [0.717, 1.165) is 16.3 Å². The Morgan fingerprint density at radius 2 is 1.51 bits per heavy atom. The predicted molar refractivity (Wildman–Crippen MR) is 208 cm³/mol. The van der Waals surface area contributed by atoms with Gasteiger partial charge < -0.3 is 41.0 Å². The van der Waals surface area contributed by atoms with Crippen LogP contribution in [0, 0.1) is 5.82 Å². The SMILES string of the molecule is CCOc1cc(CC)cc(C(Nc2ccc3c(N)nccc3c2)c2ncc(-c3ccccc3C(=O)NCC(=O)OC(C)(C)C)[nH]2)c1F.O=C(O)C(F)(F)F.O=C(O)C(F)(F)F. The molecule has 0 fully saturated rings. The largest absolute Gasteiger partial charge is 0.491 e. The molecule has 2 aromatic heterocycles. The number of nitrogen functional groups attached to an aromatic ring is 1. The average Bonchev–Trinajstić information content (AvgIpc) is 3.66. The molecule has 0 spiro atoms. The van der Waals surface area contributed by atoms with E-state index >= 15 is 4.39 Å². The minimum atomic E-state index is -5.08. The second kappa shape index (κ2) is 20.4. The van der Waals surface area contributed by atoms with Crippen molar-refractivity contribution in [3.05, 3.63) is 101 Å². The molecule has 5 rings (SSSR count). The minimum Gasteiger partial charge on any atom is -0.491 e. The lowest BCUT2D eigenvalue weighted by atomic mass is 9.99. The zero-order valence-electron chi connectivity index (χ0n) is 33.1. The second-order valence-corrected chi connectivity index (χ2v) is 13.6. The van der Waals surface area contributed by atoms with Crippen molar-refractivity contribution in [1.82, 2.24) is 20.3 Å². The van der Waals surface area contributed by atoms with Crippen molar-refractivity contribution < 1.29 is 69.6 Å². The number of amides is 1. The van der Waals surface area contributed by atoms with Crippen LogP contribution >= 0.6 is 0 Å². The number of nitrogens with one attached hydrogen (secondary N) is 3. The summed E-state index contributed by atoms with van der Waals surface area (Å²) in [4.78, 5) is 55.4. The molecule has 0 aliphatic rings. The molecular formula is C40H41F7N6O8. The molecule has 61 heavy (non-hydrogen) atoms. The number of nitrogens with two attached hydrogens (primary N) is 1. The highest BCUT2D eigenvalue weighted by Gasteiger charge is 2.39. The number of carboxylic acid groups (broad SMARTS) is 2. The first-order valence-corrected chi connectivity index (χ1v) is 18.0. The van der Waals surface area contributed by atoms with Crippen molar-refractivity contribution in [3.63, 3.8) is 0 Å². The van der Waals surface area contributed by atoms with Crippen LogP contribution in [0.25, 0.3) is 22.0 Å². The molecule has 0 bridgehead atoms. The smallest absolute Gasteiger partial charge is 0.490 e. The van der Waals surface area contributed by atoms with Gasteiger partial charge in [-0.2, -0.15) is 26.3 Å². The van der Waals surface area contributed by atoms with Crippen LogP contribution in [-0.4, -0.2) is 80.1 Å². The molecular weight excluding hydrogens is 825 g/mol. The van der Waals surface area contributed by atoms with Gasteiger partial charge in [0.25, 0.3) is 5.91 Å². The van der Waals surface area contributed by atoms with Crippen LogP contribution in [0.4, 0.5) is 42.2 Å². The molecule has 0 aliphatic heterocycles. The van der Waals surface area contributed by atoms with Crippen LogP contribution in [0.1, 0.15) is 68.0 Å². The highest BCUT2D eigenvalue weighted by atomic mass is 19.4. The molecule has 5 aromatic rings. The summed E-state index contributed by atoms with van der Waals surface area (Å²) in [6.07, 6.45) is -6.27. The van der Waals surface area contributed by atoms with Crippen molar-refractivity contribution in [2.45, 2.75) is 65.0 Å². The van der Waals surface area contributed by atoms with E-state index < -0.39 is 53.6 Å². The van der Waals surface area contributed by atoms with E-state index in [1.165, 1.54) is 0 Å². The van der Waals surface area contributed by atoms with Gasteiger partial charge in [-0.05, 0) is 81.5 Å². The zero-order valence-corrected chi connectivity index (χ0v) is 33.1. The number of aryl methyl sites for hydroxylation is 1.